The molecule has 162 valence electrons. The number of para-hydroxylation sites is 1. The lowest BCUT2D eigenvalue weighted by molar-refractivity contribution is 0.393. The van der Waals surface area contributed by atoms with Crippen molar-refractivity contribution in [3.05, 3.63) is 119 Å². The summed E-state index contributed by atoms with van der Waals surface area (Å²) in [6.07, 6.45) is 3.27. The number of fused-ring (bicyclic) bond motifs is 2. The van der Waals surface area contributed by atoms with Crippen LogP contribution in [0.2, 0.25) is 0 Å². The molecular weight excluding hydrogens is 414 g/mol. The first-order valence-corrected chi connectivity index (χ1v) is 10.7. The lowest BCUT2D eigenvalue weighted by Gasteiger charge is -2.27. The first-order chi connectivity index (χ1) is 16.2. The third-order valence-electron chi connectivity index (χ3n) is 5.96. The standard InChI is InChI=1S/C26H21N5O2/c1-17-21-22(18-9-4-2-5-10-18)23-24(27)30(15-20-13-8-14-32-20)16-28-25(23)33-26(21)31(29-17)19-11-6-3-7-12-19/h2-14,16,22,27H,15H2,1H3/t22-/m1/s1. The van der Waals surface area contributed by atoms with Gasteiger partial charge in [0.25, 0.3) is 0 Å². The smallest absolute Gasteiger partial charge is 0.230 e. The van der Waals surface area contributed by atoms with E-state index < -0.39 is 0 Å². The van der Waals surface area contributed by atoms with Crippen molar-refractivity contribution in [2.75, 3.05) is 0 Å². The third-order valence-corrected chi connectivity index (χ3v) is 5.96. The molecule has 1 aliphatic rings. The monoisotopic (exact) mass is 435 g/mol. The predicted molar refractivity (Wildman–Crippen MR) is 122 cm³/mol. The molecule has 1 aliphatic heterocycles. The first-order valence-electron chi connectivity index (χ1n) is 10.7. The largest absolute Gasteiger partial charge is 0.467 e. The van der Waals surface area contributed by atoms with Gasteiger partial charge in [-0.2, -0.15) is 5.10 Å². The molecule has 0 bridgehead atoms. The van der Waals surface area contributed by atoms with E-state index in [0.717, 1.165) is 33.8 Å². The lowest BCUT2D eigenvalue weighted by Crippen LogP contribution is -2.30. The molecule has 5 aromatic rings. The first kappa shape index (κ1) is 19.3. The molecule has 0 unspecified atom stereocenters. The molecule has 1 N–H and O–H groups in total. The van der Waals surface area contributed by atoms with E-state index in [1.165, 1.54) is 0 Å². The number of nitrogens with one attached hydrogen (secondary N) is 1. The minimum atomic E-state index is -0.230. The summed E-state index contributed by atoms with van der Waals surface area (Å²) in [5.74, 6) is 1.59. The zero-order valence-corrected chi connectivity index (χ0v) is 18.0. The van der Waals surface area contributed by atoms with E-state index in [-0.39, 0.29) is 5.92 Å². The van der Waals surface area contributed by atoms with Crippen molar-refractivity contribution in [2.24, 2.45) is 0 Å². The molecule has 0 fully saturated rings. The SMILES string of the molecule is Cc1nn(-c2ccccc2)c2c1[C@@H](c1ccccc1)c1c(ncn(Cc3ccco3)c1=N)O2. The Morgan fingerprint density at radius 1 is 0.939 bits per heavy atom. The molecule has 2 aromatic carbocycles. The van der Waals surface area contributed by atoms with Crippen LogP contribution < -0.4 is 10.2 Å². The van der Waals surface area contributed by atoms with E-state index in [9.17, 15) is 0 Å². The second kappa shape index (κ2) is 7.63. The molecule has 7 heteroatoms. The average molecular weight is 435 g/mol. The van der Waals surface area contributed by atoms with Crippen molar-refractivity contribution in [3.63, 3.8) is 0 Å². The van der Waals surface area contributed by atoms with Crippen LogP contribution in [0, 0.1) is 12.3 Å². The van der Waals surface area contributed by atoms with Gasteiger partial charge in [0.2, 0.25) is 11.8 Å². The van der Waals surface area contributed by atoms with Crippen molar-refractivity contribution in [2.45, 2.75) is 19.4 Å². The highest BCUT2D eigenvalue weighted by molar-refractivity contribution is 5.57. The van der Waals surface area contributed by atoms with Crippen LogP contribution in [-0.4, -0.2) is 19.3 Å². The second-order valence-electron chi connectivity index (χ2n) is 8.02. The van der Waals surface area contributed by atoms with Crippen molar-refractivity contribution in [1.29, 1.82) is 5.41 Å². The zero-order valence-electron chi connectivity index (χ0n) is 18.0. The Kier molecular flexibility index (Phi) is 4.47. The van der Waals surface area contributed by atoms with Crippen molar-refractivity contribution in [1.82, 2.24) is 19.3 Å². The molecule has 6 rings (SSSR count). The zero-order chi connectivity index (χ0) is 22.4. The molecular formula is C26H21N5O2. The van der Waals surface area contributed by atoms with Crippen LogP contribution in [0.3, 0.4) is 0 Å². The van der Waals surface area contributed by atoms with E-state index in [1.54, 1.807) is 17.2 Å². The quantitative estimate of drug-likeness (QED) is 0.432. The molecule has 3 aromatic heterocycles. The average Bonchev–Trinajstić information content (AvgIpc) is 3.49. The maximum Gasteiger partial charge on any atom is 0.230 e. The Morgan fingerprint density at radius 2 is 1.70 bits per heavy atom. The number of ether oxygens (including phenoxy) is 1. The van der Waals surface area contributed by atoms with Gasteiger partial charge < -0.3 is 13.7 Å². The van der Waals surface area contributed by atoms with Gasteiger partial charge in [0, 0.05) is 0 Å². The molecule has 33 heavy (non-hydrogen) atoms. The van der Waals surface area contributed by atoms with Crippen molar-refractivity contribution >= 4 is 0 Å². The molecule has 1 atom stereocenters. The van der Waals surface area contributed by atoms with E-state index in [2.05, 4.69) is 17.1 Å². The molecule has 0 saturated heterocycles. The van der Waals surface area contributed by atoms with Crippen molar-refractivity contribution in [3.8, 4) is 17.4 Å². The Labute approximate surface area is 190 Å². The Bertz CT molecular complexity index is 1490. The van der Waals surface area contributed by atoms with Gasteiger partial charge in [-0.1, -0.05) is 48.5 Å². The number of hydrogen-bond donors (Lipinski definition) is 1. The number of nitrogens with zero attached hydrogens (tertiary/aromatic N) is 4. The second-order valence-corrected chi connectivity index (χ2v) is 8.02. The normalized spacial score (nSPS) is 14.4. The van der Waals surface area contributed by atoms with Gasteiger partial charge in [0.1, 0.15) is 17.6 Å². The van der Waals surface area contributed by atoms with Crippen LogP contribution in [0.5, 0.6) is 11.8 Å². The highest BCUT2D eigenvalue weighted by Crippen LogP contribution is 2.47. The minimum Gasteiger partial charge on any atom is -0.467 e. The number of aryl methyl sites for hydroxylation is 1. The number of rotatable bonds is 4. The molecule has 4 heterocycles. The molecule has 0 radical (unpaired) electrons. The fourth-order valence-corrected chi connectivity index (χ4v) is 4.44. The van der Waals surface area contributed by atoms with Crippen LogP contribution in [0.1, 0.15) is 34.1 Å². The highest BCUT2D eigenvalue weighted by Gasteiger charge is 2.37. The van der Waals surface area contributed by atoms with Crippen LogP contribution in [0.4, 0.5) is 0 Å². The van der Waals surface area contributed by atoms with Crippen LogP contribution in [-0.2, 0) is 6.54 Å². The summed E-state index contributed by atoms with van der Waals surface area (Å²) in [5, 5.41) is 13.9. The summed E-state index contributed by atoms with van der Waals surface area (Å²) in [5.41, 5.74) is 4.83. The van der Waals surface area contributed by atoms with E-state index in [4.69, 9.17) is 19.7 Å². The maximum absolute atomic E-state index is 9.06. The number of aromatic nitrogens is 4. The number of furan rings is 1. The fraction of sp³-hybridized carbons (Fsp3) is 0.115. The molecule has 0 spiro atoms. The summed E-state index contributed by atoms with van der Waals surface area (Å²) in [4.78, 5) is 4.62. The summed E-state index contributed by atoms with van der Waals surface area (Å²) in [6, 6.07) is 23.8. The van der Waals surface area contributed by atoms with Crippen molar-refractivity contribution < 1.29 is 9.15 Å². The van der Waals surface area contributed by atoms with Gasteiger partial charge in [-0.3, -0.25) is 5.41 Å². The van der Waals surface area contributed by atoms with Gasteiger partial charge in [-0.05, 0) is 36.8 Å². The summed E-state index contributed by atoms with van der Waals surface area (Å²) >= 11 is 0. The van der Waals surface area contributed by atoms with E-state index in [0.29, 0.717) is 23.8 Å². The summed E-state index contributed by atoms with van der Waals surface area (Å²) < 4.78 is 15.4. The Balaban J connectivity index is 1.58. The van der Waals surface area contributed by atoms with Gasteiger partial charge in [-0.15, -0.1) is 0 Å². The molecule has 0 amide bonds. The molecule has 0 aliphatic carbocycles. The lowest BCUT2D eigenvalue weighted by atomic mass is 9.84. The van der Waals surface area contributed by atoms with E-state index >= 15 is 0 Å². The fourth-order valence-electron chi connectivity index (χ4n) is 4.44. The van der Waals surface area contributed by atoms with Gasteiger partial charge in [0.05, 0.1) is 41.2 Å². The Morgan fingerprint density at radius 3 is 2.42 bits per heavy atom. The molecule has 0 saturated carbocycles. The van der Waals surface area contributed by atoms with Gasteiger partial charge in [-0.25, -0.2) is 9.67 Å². The predicted octanol–water partition coefficient (Wildman–Crippen LogP) is 4.78. The number of hydrogen-bond acceptors (Lipinski definition) is 5. The Hall–Kier alpha value is -4.39. The third kappa shape index (κ3) is 3.17. The maximum atomic E-state index is 9.06. The number of benzene rings is 2. The van der Waals surface area contributed by atoms with Gasteiger partial charge in [0.15, 0.2) is 0 Å². The van der Waals surface area contributed by atoms with E-state index in [1.807, 2.05) is 72.3 Å². The van der Waals surface area contributed by atoms with Crippen LogP contribution in [0.15, 0.2) is 89.8 Å². The topological polar surface area (TPSA) is 81.9 Å². The molecule has 7 nitrogen and oxygen atoms in total. The highest BCUT2D eigenvalue weighted by atomic mass is 16.5. The van der Waals surface area contributed by atoms with Gasteiger partial charge >= 0.3 is 0 Å². The minimum absolute atomic E-state index is 0.230. The van der Waals surface area contributed by atoms with Crippen LogP contribution >= 0.6 is 0 Å². The van der Waals surface area contributed by atoms with Crippen LogP contribution in [0.25, 0.3) is 5.69 Å². The summed E-state index contributed by atoms with van der Waals surface area (Å²) in [7, 11) is 0. The summed E-state index contributed by atoms with van der Waals surface area (Å²) in [6.45, 7) is 2.40.